The van der Waals surface area contributed by atoms with Crippen LogP contribution in [0.1, 0.15) is 12.5 Å². The van der Waals surface area contributed by atoms with Crippen LogP contribution in [0.15, 0.2) is 22.7 Å². The highest BCUT2D eigenvalue weighted by molar-refractivity contribution is 9.10. The van der Waals surface area contributed by atoms with E-state index in [0.29, 0.717) is 10.9 Å². The van der Waals surface area contributed by atoms with Crippen molar-refractivity contribution in [2.45, 2.75) is 19.4 Å². The predicted molar refractivity (Wildman–Crippen MR) is 51.2 cm³/mol. The first-order valence-electron chi connectivity index (χ1n) is 3.75. The number of aliphatic hydroxyl groups is 1. The van der Waals surface area contributed by atoms with Gasteiger partial charge in [0.2, 0.25) is 0 Å². The number of hydrogen-bond donors (Lipinski definition) is 2. The largest absolute Gasteiger partial charge is 0.506 e. The molecule has 12 heavy (non-hydrogen) atoms. The molecular formula is C9H11BrO2. The van der Waals surface area contributed by atoms with Crippen LogP contribution in [0.4, 0.5) is 0 Å². The van der Waals surface area contributed by atoms with Crippen molar-refractivity contribution in [2.75, 3.05) is 0 Å². The molecule has 2 N–H and O–H groups in total. The van der Waals surface area contributed by atoms with Gasteiger partial charge in [-0.2, -0.15) is 0 Å². The van der Waals surface area contributed by atoms with Crippen LogP contribution in [0, 0.1) is 0 Å². The van der Waals surface area contributed by atoms with Crippen molar-refractivity contribution < 1.29 is 10.2 Å². The maximum atomic E-state index is 9.49. The van der Waals surface area contributed by atoms with E-state index in [0.717, 1.165) is 5.56 Å². The van der Waals surface area contributed by atoms with Crippen LogP contribution in [0.25, 0.3) is 0 Å². The molecule has 0 aliphatic carbocycles. The second kappa shape index (κ2) is 3.92. The Morgan fingerprint density at radius 2 is 2.17 bits per heavy atom. The third-order valence-electron chi connectivity index (χ3n) is 1.59. The highest BCUT2D eigenvalue weighted by atomic mass is 79.9. The van der Waals surface area contributed by atoms with Gasteiger partial charge in [-0.05, 0) is 34.5 Å². The Hall–Kier alpha value is -0.540. The number of para-hydroxylation sites is 1. The van der Waals surface area contributed by atoms with Crippen LogP contribution < -0.4 is 0 Å². The molecule has 0 aliphatic rings. The number of phenols is 1. The van der Waals surface area contributed by atoms with Gasteiger partial charge < -0.3 is 10.2 Å². The summed E-state index contributed by atoms with van der Waals surface area (Å²) >= 11 is 3.20. The van der Waals surface area contributed by atoms with E-state index in [-0.39, 0.29) is 5.75 Å². The molecule has 1 aromatic rings. The third-order valence-corrected chi connectivity index (χ3v) is 2.23. The van der Waals surface area contributed by atoms with Crippen molar-refractivity contribution in [3.05, 3.63) is 28.2 Å². The molecule has 0 spiro atoms. The van der Waals surface area contributed by atoms with Crippen molar-refractivity contribution in [3.63, 3.8) is 0 Å². The van der Waals surface area contributed by atoms with Gasteiger partial charge in [0.05, 0.1) is 10.6 Å². The lowest BCUT2D eigenvalue weighted by Gasteiger charge is -2.07. The zero-order valence-corrected chi connectivity index (χ0v) is 8.37. The lowest BCUT2D eigenvalue weighted by atomic mass is 10.1. The maximum Gasteiger partial charge on any atom is 0.133 e. The van der Waals surface area contributed by atoms with E-state index < -0.39 is 6.10 Å². The first-order chi connectivity index (χ1) is 5.61. The average Bonchev–Trinajstić information content (AvgIpc) is 1.98. The van der Waals surface area contributed by atoms with E-state index in [2.05, 4.69) is 15.9 Å². The van der Waals surface area contributed by atoms with E-state index in [1.807, 2.05) is 6.07 Å². The summed E-state index contributed by atoms with van der Waals surface area (Å²) < 4.78 is 0.667. The molecule has 1 rings (SSSR count). The Kier molecular flexibility index (Phi) is 3.12. The minimum atomic E-state index is -0.426. The Morgan fingerprint density at radius 3 is 2.75 bits per heavy atom. The van der Waals surface area contributed by atoms with Gasteiger partial charge in [-0.15, -0.1) is 0 Å². The van der Waals surface area contributed by atoms with Crippen molar-refractivity contribution in [1.82, 2.24) is 0 Å². The fraction of sp³-hybridized carbons (Fsp3) is 0.333. The average molecular weight is 231 g/mol. The summed E-state index contributed by atoms with van der Waals surface area (Å²) in [6.07, 6.45) is 0.0517. The molecule has 2 nitrogen and oxygen atoms in total. The Balaban J connectivity index is 2.92. The van der Waals surface area contributed by atoms with Crippen LogP contribution >= 0.6 is 15.9 Å². The summed E-state index contributed by atoms with van der Waals surface area (Å²) in [4.78, 5) is 0. The van der Waals surface area contributed by atoms with E-state index in [1.165, 1.54) is 0 Å². The van der Waals surface area contributed by atoms with Gasteiger partial charge in [0.15, 0.2) is 0 Å². The van der Waals surface area contributed by atoms with Gasteiger partial charge in [0, 0.05) is 6.42 Å². The molecule has 0 radical (unpaired) electrons. The molecule has 0 unspecified atom stereocenters. The first-order valence-corrected chi connectivity index (χ1v) is 4.55. The molecule has 3 heteroatoms. The van der Waals surface area contributed by atoms with E-state index >= 15 is 0 Å². The summed E-state index contributed by atoms with van der Waals surface area (Å²) in [5, 5.41) is 18.6. The molecule has 1 aromatic carbocycles. The molecule has 0 fully saturated rings. The maximum absolute atomic E-state index is 9.49. The highest BCUT2D eigenvalue weighted by Gasteiger charge is 2.06. The summed E-state index contributed by atoms with van der Waals surface area (Å²) in [6, 6.07) is 5.40. The van der Waals surface area contributed by atoms with E-state index in [9.17, 15) is 5.11 Å². The van der Waals surface area contributed by atoms with Crippen LogP contribution in [-0.2, 0) is 6.42 Å². The summed E-state index contributed by atoms with van der Waals surface area (Å²) in [6.45, 7) is 1.69. The normalized spacial score (nSPS) is 12.9. The minimum Gasteiger partial charge on any atom is -0.506 e. The highest BCUT2D eigenvalue weighted by Crippen LogP contribution is 2.28. The fourth-order valence-corrected chi connectivity index (χ4v) is 1.45. The molecule has 0 saturated carbocycles. The lowest BCUT2D eigenvalue weighted by molar-refractivity contribution is 0.194. The van der Waals surface area contributed by atoms with Gasteiger partial charge in [0.1, 0.15) is 5.75 Å². The van der Waals surface area contributed by atoms with E-state index in [1.54, 1.807) is 19.1 Å². The van der Waals surface area contributed by atoms with Gasteiger partial charge in [-0.1, -0.05) is 12.1 Å². The number of rotatable bonds is 2. The molecule has 66 valence electrons. The topological polar surface area (TPSA) is 40.5 Å². The van der Waals surface area contributed by atoms with Gasteiger partial charge in [-0.3, -0.25) is 0 Å². The van der Waals surface area contributed by atoms with Crippen LogP contribution in [0.3, 0.4) is 0 Å². The number of aromatic hydroxyl groups is 1. The molecular weight excluding hydrogens is 220 g/mol. The van der Waals surface area contributed by atoms with Crippen LogP contribution in [0.5, 0.6) is 5.75 Å². The molecule has 1 atom stereocenters. The minimum absolute atomic E-state index is 0.221. The molecule has 0 heterocycles. The molecule has 0 aliphatic heterocycles. The molecule has 0 bridgehead atoms. The number of phenolic OH excluding ortho intramolecular Hbond substituents is 1. The molecule has 0 aromatic heterocycles. The predicted octanol–water partition coefficient (Wildman–Crippen LogP) is 2.08. The monoisotopic (exact) mass is 230 g/mol. The Labute approximate surface area is 80.0 Å². The second-order valence-electron chi connectivity index (χ2n) is 2.80. The Bertz CT molecular complexity index is 271. The van der Waals surface area contributed by atoms with Crippen molar-refractivity contribution in [2.24, 2.45) is 0 Å². The van der Waals surface area contributed by atoms with Gasteiger partial charge >= 0.3 is 0 Å². The summed E-state index contributed by atoms with van der Waals surface area (Å²) in [5.41, 5.74) is 0.763. The number of aliphatic hydroxyl groups excluding tert-OH is 1. The molecule has 0 saturated heterocycles. The third kappa shape index (κ3) is 2.22. The van der Waals surface area contributed by atoms with Crippen LogP contribution in [-0.4, -0.2) is 16.3 Å². The van der Waals surface area contributed by atoms with Crippen molar-refractivity contribution in [1.29, 1.82) is 0 Å². The first kappa shape index (κ1) is 9.55. The Morgan fingerprint density at radius 1 is 1.50 bits per heavy atom. The SMILES string of the molecule is C[C@@H](O)Cc1cccc(Br)c1O. The number of benzene rings is 1. The zero-order chi connectivity index (χ0) is 9.14. The summed E-state index contributed by atoms with van der Waals surface area (Å²) in [7, 11) is 0. The summed E-state index contributed by atoms with van der Waals surface area (Å²) in [5.74, 6) is 0.221. The smallest absolute Gasteiger partial charge is 0.133 e. The van der Waals surface area contributed by atoms with Crippen molar-refractivity contribution in [3.8, 4) is 5.75 Å². The number of halogens is 1. The van der Waals surface area contributed by atoms with E-state index in [4.69, 9.17) is 5.11 Å². The van der Waals surface area contributed by atoms with Crippen LogP contribution in [0.2, 0.25) is 0 Å². The molecule has 0 amide bonds. The fourth-order valence-electron chi connectivity index (χ4n) is 1.04. The zero-order valence-electron chi connectivity index (χ0n) is 6.79. The van der Waals surface area contributed by atoms with Gasteiger partial charge in [0.25, 0.3) is 0 Å². The standard InChI is InChI=1S/C9H11BrO2/c1-6(11)5-7-3-2-4-8(10)9(7)12/h2-4,6,11-12H,5H2,1H3/t6-/m1/s1. The van der Waals surface area contributed by atoms with Crippen molar-refractivity contribution >= 4 is 15.9 Å². The van der Waals surface area contributed by atoms with Gasteiger partial charge in [-0.25, -0.2) is 0 Å². The lowest BCUT2D eigenvalue weighted by Crippen LogP contribution is -2.04. The second-order valence-corrected chi connectivity index (χ2v) is 3.66. The quantitative estimate of drug-likeness (QED) is 0.817. The number of hydrogen-bond acceptors (Lipinski definition) is 2.